The Kier molecular flexibility index (Phi) is 3.77. The van der Waals surface area contributed by atoms with Crippen LogP contribution in [0, 0.1) is 10.1 Å². The van der Waals surface area contributed by atoms with E-state index in [9.17, 15) is 10.1 Å². The van der Waals surface area contributed by atoms with Crippen molar-refractivity contribution in [2.24, 2.45) is 0 Å². The number of ether oxygens (including phenoxy) is 1. The van der Waals surface area contributed by atoms with E-state index < -0.39 is 4.92 Å². The summed E-state index contributed by atoms with van der Waals surface area (Å²) in [5, 5.41) is 11.2. The maximum Gasteiger partial charge on any atom is 0.313 e. The van der Waals surface area contributed by atoms with Crippen LogP contribution in [0.3, 0.4) is 0 Å². The Morgan fingerprint density at radius 3 is 2.81 bits per heavy atom. The highest BCUT2D eigenvalue weighted by molar-refractivity contribution is 9.10. The molecule has 6 nitrogen and oxygen atoms in total. The third kappa shape index (κ3) is 3.14. The number of para-hydroxylation sites is 1. The second kappa shape index (κ2) is 5.57. The standard InChI is InChI=1S/C13H9BrClN3O3/c14-10-6-11(17-13(16-10)7-4-5-7)21-12-8(15)2-1-3-9(12)18(19)20/h1-3,6-7H,4-5H2. The average Bonchev–Trinajstić information content (AvgIpc) is 3.24. The first kappa shape index (κ1) is 14.2. The van der Waals surface area contributed by atoms with Crippen LogP contribution in [0.1, 0.15) is 24.6 Å². The van der Waals surface area contributed by atoms with Crippen LogP contribution in [-0.2, 0) is 0 Å². The SMILES string of the molecule is O=[N+]([O-])c1cccc(Cl)c1Oc1cc(Br)nc(C2CC2)n1. The number of rotatable bonds is 4. The Morgan fingerprint density at radius 1 is 1.38 bits per heavy atom. The third-order valence-corrected chi connectivity index (χ3v) is 3.68. The molecule has 3 rings (SSSR count). The van der Waals surface area contributed by atoms with Crippen molar-refractivity contribution in [3.8, 4) is 11.6 Å². The van der Waals surface area contributed by atoms with Crippen molar-refractivity contribution in [3.05, 3.63) is 49.8 Å². The van der Waals surface area contributed by atoms with Gasteiger partial charge >= 0.3 is 5.69 Å². The highest BCUT2D eigenvalue weighted by Gasteiger charge is 2.28. The topological polar surface area (TPSA) is 78.2 Å². The van der Waals surface area contributed by atoms with Gasteiger partial charge in [-0.2, -0.15) is 4.98 Å². The van der Waals surface area contributed by atoms with E-state index in [1.807, 2.05) is 0 Å². The van der Waals surface area contributed by atoms with Gasteiger partial charge in [-0.3, -0.25) is 10.1 Å². The molecule has 0 unspecified atom stereocenters. The monoisotopic (exact) mass is 369 g/mol. The minimum atomic E-state index is -0.542. The molecule has 0 N–H and O–H groups in total. The molecule has 8 heteroatoms. The van der Waals surface area contributed by atoms with Crippen LogP contribution in [0.2, 0.25) is 5.02 Å². The Hall–Kier alpha value is -1.73. The zero-order valence-corrected chi connectivity index (χ0v) is 13.0. The number of hydrogen-bond donors (Lipinski definition) is 0. The van der Waals surface area contributed by atoms with E-state index in [1.54, 1.807) is 6.07 Å². The summed E-state index contributed by atoms with van der Waals surface area (Å²) in [4.78, 5) is 19.1. The molecule has 0 bridgehead atoms. The molecule has 0 spiro atoms. The molecule has 1 aromatic carbocycles. The second-order valence-corrected chi connectivity index (χ2v) is 5.83. The minimum absolute atomic E-state index is 0.0171. The summed E-state index contributed by atoms with van der Waals surface area (Å²) in [6.07, 6.45) is 2.09. The summed E-state index contributed by atoms with van der Waals surface area (Å²) < 4.78 is 6.12. The van der Waals surface area contributed by atoms with Crippen LogP contribution in [0.5, 0.6) is 11.6 Å². The fraction of sp³-hybridized carbons (Fsp3) is 0.231. The van der Waals surface area contributed by atoms with Gasteiger partial charge in [0.25, 0.3) is 0 Å². The van der Waals surface area contributed by atoms with Gasteiger partial charge in [-0.15, -0.1) is 0 Å². The van der Waals surface area contributed by atoms with Crippen molar-refractivity contribution < 1.29 is 9.66 Å². The summed E-state index contributed by atoms with van der Waals surface area (Å²) in [5.74, 6) is 1.23. The first-order valence-electron chi connectivity index (χ1n) is 6.20. The first-order chi connectivity index (χ1) is 10.0. The lowest BCUT2D eigenvalue weighted by Crippen LogP contribution is -1.99. The number of halogens is 2. The quantitative estimate of drug-likeness (QED) is 0.451. The van der Waals surface area contributed by atoms with Gasteiger partial charge in [-0.1, -0.05) is 17.7 Å². The van der Waals surface area contributed by atoms with Gasteiger partial charge in [0.1, 0.15) is 10.4 Å². The molecule has 1 fully saturated rings. The lowest BCUT2D eigenvalue weighted by molar-refractivity contribution is -0.385. The molecule has 1 aliphatic rings. The van der Waals surface area contributed by atoms with Crippen molar-refractivity contribution in [1.29, 1.82) is 0 Å². The van der Waals surface area contributed by atoms with E-state index in [-0.39, 0.29) is 22.3 Å². The van der Waals surface area contributed by atoms with Crippen molar-refractivity contribution in [2.75, 3.05) is 0 Å². The van der Waals surface area contributed by atoms with Crippen LogP contribution < -0.4 is 4.74 Å². The van der Waals surface area contributed by atoms with E-state index >= 15 is 0 Å². The number of hydrogen-bond acceptors (Lipinski definition) is 5. The van der Waals surface area contributed by atoms with Crippen molar-refractivity contribution >= 4 is 33.2 Å². The maximum atomic E-state index is 11.0. The molecule has 0 atom stereocenters. The number of aromatic nitrogens is 2. The Bertz CT molecular complexity index is 722. The second-order valence-electron chi connectivity index (χ2n) is 4.61. The van der Waals surface area contributed by atoms with Gasteiger partial charge in [0.05, 0.1) is 9.95 Å². The molecule has 1 aliphatic carbocycles. The van der Waals surface area contributed by atoms with E-state index in [0.717, 1.165) is 12.8 Å². The first-order valence-corrected chi connectivity index (χ1v) is 7.37. The third-order valence-electron chi connectivity index (χ3n) is 2.98. The van der Waals surface area contributed by atoms with Gasteiger partial charge in [-0.05, 0) is 34.8 Å². The van der Waals surface area contributed by atoms with Gasteiger partial charge in [0.2, 0.25) is 11.6 Å². The molecule has 1 heterocycles. The molecule has 0 radical (unpaired) electrons. The molecule has 0 aliphatic heterocycles. The Morgan fingerprint density at radius 2 is 2.14 bits per heavy atom. The number of nitro benzene ring substituents is 1. The van der Waals surface area contributed by atoms with Crippen LogP contribution in [0.4, 0.5) is 5.69 Å². The Balaban J connectivity index is 1.98. The van der Waals surface area contributed by atoms with Crippen molar-refractivity contribution in [1.82, 2.24) is 9.97 Å². The minimum Gasteiger partial charge on any atom is -0.430 e. The summed E-state index contributed by atoms with van der Waals surface area (Å²) >= 11 is 9.28. The smallest absolute Gasteiger partial charge is 0.313 e. The molecule has 1 aromatic heterocycles. The largest absolute Gasteiger partial charge is 0.430 e. The zero-order valence-electron chi connectivity index (χ0n) is 10.6. The molecule has 2 aromatic rings. The van der Waals surface area contributed by atoms with E-state index in [1.165, 1.54) is 18.2 Å². The van der Waals surface area contributed by atoms with Crippen LogP contribution in [0.15, 0.2) is 28.9 Å². The van der Waals surface area contributed by atoms with E-state index in [4.69, 9.17) is 16.3 Å². The lowest BCUT2D eigenvalue weighted by atomic mass is 10.3. The van der Waals surface area contributed by atoms with Crippen LogP contribution >= 0.6 is 27.5 Å². The maximum absolute atomic E-state index is 11.0. The number of benzene rings is 1. The molecular weight excluding hydrogens is 362 g/mol. The predicted molar refractivity (Wildman–Crippen MR) is 79.9 cm³/mol. The molecule has 21 heavy (non-hydrogen) atoms. The highest BCUT2D eigenvalue weighted by atomic mass is 79.9. The zero-order chi connectivity index (χ0) is 15.0. The number of nitrogens with zero attached hydrogens (tertiary/aromatic N) is 3. The fourth-order valence-corrected chi connectivity index (χ4v) is 2.42. The molecule has 1 saturated carbocycles. The van der Waals surface area contributed by atoms with E-state index in [2.05, 4.69) is 25.9 Å². The Labute approximate surface area is 133 Å². The molecular formula is C13H9BrClN3O3. The summed E-state index contributed by atoms with van der Waals surface area (Å²) in [6.45, 7) is 0. The highest BCUT2D eigenvalue weighted by Crippen LogP contribution is 2.41. The summed E-state index contributed by atoms with van der Waals surface area (Å²) in [5.41, 5.74) is -0.204. The van der Waals surface area contributed by atoms with Gasteiger partial charge in [0.15, 0.2) is 0 Å². The normalized spacial score (nSPS) is 14.0. The summed E-state index contributed by atoms with van der Waals surface area (Å²) in [6, 6.07) is 5.92. The fourth-order valence-electron chi connectivity index (χ4n) is 1.84. The van der Waals surface area contributed by atoms with Gasteiger partial charge in [0, 0.05) is 18.1 Å². The molecule has 108 valence electrons. The predicted octanol–water partition coefficient (Wildman–Crippen LogP) is 4.47. The molecule has 0 saturated heterocycles. The summed E-state index contributed by atoms with van der Waals surface area (Å²) in [7, 11) is 0. The van der Waals surface area contributed by atoms with Crippen molar-refractivity contribution in [3.63, 3.8) is 0 Å². The molecule has 0 amide bonds. The number of nitro groups is 1. The average molecular weight is 371 g/mol. The van der Waals surface area contributed by atoms with Gasteiger partial charge < -0.3 is 4.74 Å². The van der Waals surface area contributed by atoms with Gasteiger partial charge in [-0.25, -0.2) is 4.98 Å². The van der Waals surface area contributed by atoms with Crippen LogP contribution in [0.25, 0.3) is 0 Å². The van der Waals surface area contributed by atoms with Crippen molar-refractivity contribution in [2.45, 2.75) is 18.8 Å². The lowest BCUT2D eigenvalue weighted by Gasteiger charge is -2.08. The van der Waals surface area contributed by atoms with E-state index in [0.29, 0.717) is 16.3 Å². The van der Waals surface area contributed by atoms with Crippen LogP contribution in [-0.4, -0.2) is 14.9 Å².